The van der Waals surface area contributed by atoms with E-state index in [0.29, 0.717) is 0 Å². The highest BCUT2D eigenvalue weighted by molar-refractivity contribution is 5.94. The van der Waals surface area contributed by atoms with Gasteiger partial charge in [0, 0.05) is 12.8 Å². The molecular weight excluding hydrogens is 432 g/mol. The van der Waals surface area contributed by atoms with Gasteiger partial charge in [0.15, 0.2) is 0 Å². The van der Waals surface area contributed by atoms with Crippen molar-refractivity contribution in [3.05, 3.63) is 0 Å². The Labute approximate surface area is 183 Å². The molecule has 0 rings (SSSR count). The van der Waals surface area contributed by atoms with Crippen LogP contribution in [0.2, 0.25) is 0 Å². The molecule has 0 aliphatic carbocycles. The van der Waals surface area contributed by atoms with E-state index in [1.807, 2.05) is 5.32 Å². The van der Waals surface area contributed by atoms with Gasteiger partial charge in [-0.1, -0.05) is 13.8 Å². The van der Waals surface area contributed by atoms with Gasteiger partial charge in [0.2, 0.25) is 17.7 Å². The number of aliphatic hydroxyl groups is 1. The first kappa shape index (κ1) is 28.7. The Hall–Kier alpha value is -3.26. The Morgan fingerprint density at radius 2 is 1.12 bits per heavy atom. The van der Waals surface area contributed by atoms with Crippen LogP contribution >= 0.6 is 0 Å². The van der Waals surface area contributed by atoms with Crippen LogP contribution in [0, 0.1) is 5.92 Å². The van der Waals surface area contributed by atoms with Gasteiger partial charge in [-0.05, 0) is 18.8 Å². The molecule has 0 aliphatic heterocycles. The van der Waals surface area contributed by atoms with E-state index in [2.05, 4.69) is 10.6 Å². The Balaban J connectivity index is 5.30. The Morgan fingerprint density at radius 3 is 1.53 bits per heavy atom. The summed E-state index contributed by atoms with van der Waals surface area (Å²) < 4.78 is 0. The highest BCUT2D eigenvalue weighted by Crippen LogP contribution is 2.04. The van der Waals surface area contributed by atoms with Gasteiger partial charge in [0.25, 0.3) is 0 Å². The van der Waals surface area contributed by atoms with Crippen LogP contribution in [0.15, 0.2) is 0 Å². The molecular formula is C18H30N4O10. The number of carboxylic acids is 3. The predicted molar refractivity (Wildman–Crippen MR) is 107 cm³/mol. The molecule has 0 fully saturated rings. The van der Waals surface area contributed by atoms with E-state index in [0.717, 1.165) is 0 Å². The summed E-state index contributed by atoms with van der Waals surface area (Å²) in [5.74, 6) is -7.17. The summed E-state index contributed by atoms with van der Waals surface area (Å²) in [6.45, 7) is 2.37. The molecule has 0 saturated carbocycles. The lowest BCUT2D eigenvalue weighted by atomic mass is 10.0. The molecule has 0 aromatic heterocycles. The summed E-state index contributed by atoms with van der Waals surface area (Å²) in [6, 6.07) is -5.61. The number of rotatable bonds is 15. The lowest BCUT2D eigenvalue weighted by molar-refractivity contribution is -0.143. The van der Waals surface area contributed by atoms with Crippen LogP contribution in [0.25, 0.3) is 0 Å². The zero-order chi connectivity index (χ0) is 25.0. The molecule has 4 atom stereocenters. The molecule has 14 nitrogen and oxygen atoms in total. The number of hydrogen-bond acceptors (Lipinski definition) is 8. The number of carboxylic acid groups (broad SMARTS) is 3. The van der Waals surface area contributed by atoms with Gasteiger partial charge in [-0.15, -0.1) is 0 Å². The van der Waals surface area contributed by atoms with Crippen LogP contribution in [0.1, 0.15) is 39.5 Å². The van der Waals surface area contributed by atoms with E-state index >= 15 is 0 Å². The predicted octanol–water partition coefficient (Wildman–Crippen LogP) is -2.77. The number of aliphatic carboxylic acids is 3. The maximum absolute atomic E-state index is 12.5. The van der Waals surface area contributed by atoms with Crippen molar-refractivity contribution in [1.82, 2.24) is 16.0 Å². The lowest BCUT2D eigenvalue weighted by Crippen LogP contribution is -2.58. The first-order valence-corrected chi connectivity index (χ1v) is 9.74. The molecule has 0 radical (unpaired) electrons. The third kappa shape index (κ3) is 10.7. The fourth-order valence-electron chi connectivity index (χ4n) is 2.37. The number of carbonyl (C=O) groups is 6. The monoisotopic (exact) mass is 462 g/mol. The molecule has 4 unspecified atom stereocenters. The van der Waals surface area contributed by atoms with E-state index in [1.54, 1.807) is 13.8 Å². The van der Waals surface area contributed by atoms with Gasteiger partial charge in [0.05, 0.1) is 12.6 Å². The van der Waals surface area contributed by atoms with Gasteiger partial charge in [-0.2, -0.15) is 0 Å². The molecule has 0 aromatic carbocycles. The lowest BCUT2D eigenvalue weighted by Gasteiger charge is -2.24. The smallest absolute Gasteiger partial charge is 0.326 e. The van der Waals surface area contributed by atoms with E-state index in [9.17, 15) is 33.9 Å². The number of amides is 3. The van der Waals surface area contributed by atoms with Crippen molar-refractivity contribution in [2.24, 2.45) is 11.7 Å². The first-order valence-electron chi connectivity index (χ1n) is 9.74. The minimum Gasteiger partial charge on any atom is -0.481 e. The topological polar surface area (TPSA) is 245 Å². The van der Waals surface area contributed by atoms with Crippen LogP contribution in [0.4, 0.5) is 0 Å². The second-order valence-corrected chi connectivity index (χ2v) is 7.34. The molecule has 14 heteroatoms. The summed E-state index contributed by atoms with van der Waals surface area (Å²) in [5.41, 5.74) is 5.71. The molecule has 0 aromatic rings. The SMILES string of the molecule is CC(C)C(N)C(=O)NC(CCC(=O)O)C(=O)NC(CO)C(=O)NC(CCC(=O)O)C(=O)O. The second kappa shape index (κ2) is 13.9. The van der Waals surface area contributed by atoms with Crippen molar-refractivity contribution in [3.8, 4) is 0 Å². The standard InChI is InChI=1S/C18H30N4O10/c1-8(2)14(19)17(30)20-9(3-5-12(24)25)15(28)22-11(7-23)16(29)21-10(18(31)32)4-6-13(26)27/h8-11,14,23H,3-7,19H2,1-2H3,(H,20,30)(H,21,29)(H,22,28)(H,24,25)(H,26,27)(H,31,32). The molecule has 0 saturated heterocycles. The fraction of sp³-hybridized carbons (Fsp3) is 0.667. The Morgan fingerprint density at radius 1 is 0.719 bits per heavy atom. The summed E-state index contributed by atoms with van der Waals surface area (Å²) in [5, 5.41) is 42.5. The van der Waals surface area contributed by atoms with Crippen LogP contribution in [-0.2, 0) is 28.8 Å². The Kier molecular flexibility index (Phi) is 12.5. The molecule has 0 bridgehead atoms. The van der Waals surface area contributed by atoms with E-state index in [-0.39, 0.29) is 12.3 Å². The number of aliphatic hydroxyl groups excluding tert-OH is 1. The molecule has 0 spiro atoms. The quantitative estimate of drug-likeness (QED) is 0.124. The van der Waals surface area contributed by atoms with E-state index in [4.69, 9.17) is 21.1 Å². The van der Waals surface area contributed by atoms with Crippen LogP contribution < -0.4 is 21.7 Å². The minimum atomic E-state index is -1.64. The highest BCUT2D eigenvalue weighted by Gasteiger charge is 2.30. The molecule has 0 heterocycles. The van der Waals surface area contributed by atoms with Gasteiger partial charge in [0.1, 0.15) is 18.1 Å². The molecule has 9 N–H and O–H groups in total. The molecule has 3 amide bonds. The molecule has 182 valence electrons. The zero-order valence-corrected chi connectivity index (χ0v) is 17.7. The average molecular weight is 462 g/mol. The molecule has 0 aliphatic rings. The fourth-order valence-corrected chi connectivity index (χ4v) is 2.37. The second-order valence-electron chi connectivity index (χ2n) is 7.34. The maximum Gasteiger partial charge on any atom is 0.326 e. The van der Waals surface area contributed by atoms with Crippen molar-refractivity contribution in [3.63, 3.8) is 0 Å². The average Bonchev–Trinajstić information content (AvgIpc) is 2.70. The summed E-state index contributed by atoms with van der Waals surface area (Å²) in [6.07, 6.45) is -1.82. The summed E-state index contributed by atoms with van der Waals surface area (Å²) >= 11 is 0. The zero-order valence-electron chi connectivity index (χ0n) is 17.7. The number of hydrogen-bond donors (Lipinski definition) is 8. The minimum absolute atomic E-state index is 0.284. The highest BCUT2D eigenvalue weighted by atomic mass is 16.4. The third-order valence-corrected chi connectivity index (χ3v) is 4.38. The normalized spacial score (nSPS) is 14.5. The van der Waals surface area contributed by atoms with Gasteiger partial charge >= 0.3 is 17.9 Å². The van der Waals surface area contributed by atoms with Gasteiger partial charge in [-0.3, -0.25) is 24.0 Å². The summed E-state index contributed by atoms with van der Waals surface area (Å²) in [4.78, 5) is 69.7. The third-order valence-electron chi connectivity index (χ3n) is 4.38. The van der Waals surface area contributed by atoms with Crippen LogP contribution in [0.3, 0.4) is 0 Å². The van der Waals surface area contributed by atoms with Crippen LogP contribution in [0.5, 0.6) is 0 Å². The summed E-state index contributed by atoms with van der Waals surface area (Å²) in [7, 11) is 0. The van der Waals surface area contributed by atoms with Crippen LogP contribution in [-0.4, -0.2) is 86.8 Å². The van der Waals surface area contributed by atoms with Crippen molar-refractivity contribution in [1.29, 1.82) is 0 Å². The number of carbonyl (C=O) groups excluding carboxylic acids is 3. The maximum atomic E-state index is 12.5. The van der Waals surface area contributed by atoms with Crippen molar-refractivity contribution in [2.45, 2.75) is 63.7 Å². The largest absolute Gasteiger partial charge is 0.481 e. The van der Waals surface area contributed by atoms with Crippen molar-refractivity contribution < 1.29 is 49.2 Å². The Bertz CT molecular complexity index is 712. The number of nitrogens with two attached hydrogens (primary N) is 1. The van der Waals surface area contributed by atoms with Crippen molar-refractivity contribution in [2.75, 3.05) is 6.61 Å². The van der Waals surface area contributed by atoms with E-state index in [1.165, 1.54) is 0 Å². The first-order chi connectivity index (χ1) is 14.8. The number of nitrogens with one attached hydrogen (secondary N) is 3. The molecule has 32 heavy (non-hydrogen) atoms. The van der Waals surface area contributed by atoms with Gasteiger partial charge < -0.3 is 42.1 Å². The van der Waals surface area contributed by atoms with E-state index < -0.39 is 85.7 Å². The van der Waals surface area contributed by atoms with Crippen molar-refractivity contribution >= 4 is 35.6 Å². The van der Waals surface area contributed by atoms with Gasteiger partial charge in [-0.25, -0.2) is 4.79 Å².